The summed E-state index contributed by atoms with van der Waals surface area (Å²) >= 11 is 0. The van der Waals surface area contributed by atoms with Crippen LogP contribution in [-0.2, 0) is 28.6 Å². The van der Waals surface area contributed by atoms with Gasteiger partial charge < -0.3 is 19.3 Å². The van der Waals surface area contributed by atoms with Crippen molar-refractivity contribution in [2.75, 3.05) is 7.11 Å². The van der Waals surface area contributed by atoms with Gasteiger partial charge in [0, 0.05) is 12.8 Å². The molecule has 0 aromatic heterocycles. The Morgan fingerprint density at radius 3 is 1.54 bits per heavy atom. The van der Waals surface area contributed by atoms with Crippen molar-refractivity contribution in [2.24, 2.45) is 5.92 Å². The van der Waals surface area contributed by atoms with Crippen LogP contribution in [-0.4, -0.2) is 47.4 Å². The van der Waals surface area contributed by atoms with Crippen molar-refractivity contribution in [2.45, 2.75) is 243 Å². The molecule has 0 amide bonds. The van der Waals surface area contributed by atoms with Crippen molar-refractivity contribution < 1.29 is 33.7 Å². The molecule has 0 spiro atoms. The largest absolute Gasteiger partial charge is 0.465 e. The number of esters is 2. The van der Waals surface area contributed by atoms with Crippen molar-refractivity contribution >= 4 is 17.7 Å². The number of unbranched alkanes of at least 4 members (excludes halogenated alkanes) is 26. The van der Waals surface area contributed by atoms with Crippen molar-refractivity contribution in [1.82, 2.24) is 0 Å². The summed E-state index contributed by atoms with van der Waals surface area (Å²) in [5.41, 5.74) is -0.310. The predicted molar refractivity (Wildman–Crippen MR) is 210 cm³/mol. The van der Waals surface area contributed by atoms with E-state index in [1.54, 1.807) is 0 Å². The van der Waals surface area contributed by atoms with Gasteiger partial charge in [0.05, 0.1) is 19.4 Å². The zero-order valence-electron chi connectivity index (χ0n) is 33.9. The van der Waals surface area contributed by atoms with E-state index < -0.39 is 35.3 Å². The Bertz CT molecular complexity index is 1070. The first-order valence-corrected chi connectivity index (χ1v) is 22.3. The molecule has 0 saturated carbocycles. The van der Waals surface area contributed by atoms with Crippen LogP contribution in [0.5, 0.6) is 0 Å². The van der Waals surface area contributed by atoms with E-state index in [-0.39, 0.29) is 24.2 Å². The summed E-state index contributed by atoms with van der Waals surface area (Å²) in [6.45, 7) is 4.53. The molecule has 1 aliphatic carbocycles. The molecule has 0 bridgehead atoms. The van der Waals surface area contributed by atoms with E-state index in [0.29, 0.717) is 19.3 Å². The van der Waals surface area contributed by atoms with Gasteiger partial charge in [-0.1, -0.05) is 186 Å². The molecule has 0 aromatic rings. The first-order valence-electron chi connectivity index (χ1n) is 22.3. The zero-order chi connectivity index (χ0) is 37.5. The van der Waals surface area contributed by atoms with Crippen LogP contribution in [0.3, 0.4) is 0 Å². The molecule has 7 heteroatoms. The number of rotatable bonds is 32. The van der Waals surface area contributed by atoms with E-state index in [4.69, 9.17) is 14.2 Å². The second-order valence-electron chi connectivity index (χ2n) is 16.6. The quantitative estimate of drug-likeness (QED) is 0.0418. The maximum atomic E-state index is 13.9. The number of carbonyl (C=O) groups is 3. The number of ether oxygens (including phenoxy) is 3. The Morgan fingerprint density at radius 1 is 0.673 bits per heavy atom. The lowest BCUT2D eigenvalue weighted by atomic mass is 9.78. The van der Waals surface area contributed by atoms with Gasteiger partial charge in [0.1, 0.15) is 17.3 Å². The summed E-state index contributed by atoms with van der Waals surface area (Å²) in [5, 5.41) is 11.6. The number of carbonyl (C=O) groups excluding carboxylic acids is 3. The number of fused-ring (bicyclic) bond motifs is 1. The molecule has 2 saturated heterocycles. The van der Waals surface area contributed by atoms with Gasteiger partial charge in [-0.05, 0) is 25.7 Å². The second-order valence-corrected chi connectivity index (χ2v) is 16.6. The topological polar surface area (TPSA) is 99.1 Å². The minimum absolute atomic E-state index is 0.0737. The van der Waals surface area contributed by atoms with Crippen molar-refractivity contribution in [3.05, 3.63) is 11.1 Å². The summed E-state index contributed by atoms with van der Waals surface area (Å²) in [4.78, 5) is 39.4. The molecule has 2 fully saturated rings. The lowest BCUT2D eigenvalue weighted by molar-refractivity contribution is -0.237. The van der Waals surface area contributed by atoms with Gasteiger partial charge in [-0.3, -0.25) is 9.59 Å². The highest BCUT2D eigenvalue weighted by Gasteiger charge is 2.67. The van der Waals surface area contributed by atoms with Crippen molar-refractivity contribution in [3.63, 3.8) is 0 Å². The fourth-order valence-electron chi connectivity index (χ4n) is 9.10. The molecule has 0 aromatic carbocycles. The van der Waals surface area contributed by atoms with Crippen LogP contribution in [0.4, 0.5) is 0 Å². The molecular formula is C45H78O7. The van der Waals surface area contributed by atoms with Gasteiger partial charge in [0.2, 0.25) is 0 Å². The zero-order valence-corrected chi connectivity index (χ0v) is 33.9. The lowest BCUT2D eigenvalue weighted by Gasteiger charge is -2.33. The minimum atomic E-state index is -1.44. The summed E-state index contributed by atoms with van der Waals surface area (Å²) in [6, 6.07) is 0. The maximum absolute atomic E-state index is 13.9. The predicted octanol–water partition coefficient (Wildman–Crippen LogP) is 12.0. The number of methoxy groups -OCH3 is 1. The molecule has 3 rings (SSSR count). The number of allylic oxidation sites excluding steroid dienone is 1. The van der Waals surface area contributed by atoms with Gasteiger partial charge in [-0.2, -0.15) is 0 Å². The molecule has 7 nitrogen and oxygen atoms in total. The van der Waals surface area contributed by atoms with Crippen LogP contribution in [0.15, 0.2) is 11.1 Å². The van der Waals surface area contributed by atoms with Crippen LogP contribution in [0.1, 0.15) is 226 Å². The molecule has 4 atom stereocenters. The van der Waals surface area contributed by atoms with Gasteiger partial charge >= 0.3 is 11.9 Å². The van der Waals surface area contributed by atoms with E-state index in [2.05, 4.69) is 13.8 Å². The Hall–Kier alpha value is -1.73. The first-order chi connectivity index (χ1) is 25.3. The van der Waals surface area contributed by atoms with Crippen LogP contribution in [0, 0.1) is 5.92 Å². The Balaban J connectivity index is 1.37. The lowest BCUT2D eigenvalue weighted by Crippen LogP contribution is -2.47. The standard InChI is InChI=1S/C45H78O7/c1-4-6-8-10-12-14-16-18-20-22-24-26-28-30-32-37-34-38(42(47)41(37)43(48)50-3)45-36-40(46)51-39(45)35-44(49,52-45)33-31-29-27-25-23-21-19-17-15-13-11-9-7-5-2/h38-39,49H,4-36H2,1-3H3/t38?,39-,44-,45?/m0/s1. The molecule has 300 valence electrons. The highest BCUT2D eigenvalue weighted by Crippen LogP contribution is 2.54. The van der Waals surface area contributed by atoms with Gasteiger partial charge in [-0.25, -0.2) is 4.79 Å². The third-order valence-electron chi connectivity index (χ3n) is 12.2. The van der Waals surface area contributed by atoms with E-state index in [1.165, 1.54) is 148 Å². The highest BCUT2D eigenvalue weighted by molar-refractivity contribution is 6.21. The second kappa shape index (κ2) is 25.4. The van der Waals surface area contributed by atoms with E-state index in [0.717, 1.165) is 44.1 Å². The molecule has 1 N–H and O–H groups in total. The van der Waals surface area contributed by atoms with Gasteiger partial charge in [-0.15, -0.1) is 0 Å². The number of hydrogen-bond donors (Lipinski definition) is 1. The Labute approximate surface area is 318 Å². The first kappa shape index (κ1) is 44.7. The van der Waals surface area contributed by atoms with E-state index in [1.807, 2.05) is 0 Å². The van der Waals surface area contributed by atoms with Crippen molar-refractivity contribution in [1.29, 1.82) is 0 Å². The summed E-state index contributed by atoms with van der Waals surface area (Å²) < 4.78 is 17.2. The number of hydrogen-bond acceptors (Lipinski definition) is 7. The number of ketones is 1. The normalized spacial score (nSPS) is 24.2. The number of aliphatic hydroxyl groups is 1. The fraction of sp³-hybridized carbons (Fsp3) is 0.889. The Morgan fingerprint density at radius 2 is 1.10 bits per heavy atom. The van der Waals surface area contributed by atoms with Gasteiger partial charge in [0.15, 0.2) is 11.6 Å². The summed E-state index contributed by atoms with van der Waals surface area (Å²) in [7, 11) is 1.31. The monoisotopic (exact) mass is 731 g/mol. The molecule has 2 unspecified atom stereocenters. The van der Waals surface area contributed by atoms with Gasteiger partial charge in [0.25, 0.3) is 0 Å². The van der Waals surface area contributed by atoms with E-state index in [9.17, 15) is 19.5 Å². The SMILES string of the molecule is CCCCCCCCCCCCCCCCC1=C(C(=O)OC)C(=O)C(C23CC(=O)O[C@H]2C[C@](O)(CCCCCCCCCCCCCCCC)O3)C1. The molecule has 2 aliphatic heterocycles. The fourth-order valence-corrected chi connectivity index (χ4v) is 9.10. The average Bonchev–Trinajstić information content (AvgIpc) is 3.72. The highest BCUT2D eigenvalue weighted by atomic mass is 16.7. The third kappa shape index (κ3) is 14.8. The van der Waals surface area contributed by atoms with Crippen LogP contribution in [0.25, 0.3) is 0 Å². The number of Topliss-reactive ketones (excluding diaryl/α,β-unsaturated/α-hetero) is 1. The van der Waals surface area contributed by atoms with Crippen molar-refractivity contribution in [3.8, 4) is 0 Å². The smallest absolute Gasteiger partial charge is 0.341 e. The molecule has 52 heavy (non-hydrogen) atoms. The average molecular weight is 731 g/mol. The molecule has 2 heterocycles. The molecule has 3 aliphatic rings. The molecule has 0 radical (unpaired) electrons. The van der Waals surface area contributed by atoms with Crippen LogP contribution < -0.4 is 0 Å². The molecular weight excluding hydrogens is 652 g/mol. The minimum Gasteiger partial charge on any atom is -0.465 e. The Kier molecular flexibility index (Phi) is 21.8. The van der Waals surface area contributed by atoms with E-state index >= 15 is 0 Å². The maximum Gasteiger partial charge on any atom is 0.341 e. The summed E-state index contributed by atoms with van der Waals surface area (Å²) in [5.74, 6) is -3.51. The summed E-state index contributed by atoms with van der Waals surface area (Å²) in [6.07, 6.45) is 36.3. The van der Waals surface area contributed by atoms with Crippen LogP contribution >= 0.6 is 0 Å². The van der Waals surface area contributed by atoms with Crippen LogP contribution in [0.2, 0.25) is 0 Å². The third-order valence-corrected chi connectivity index (χ3v) is 12.2.